The van der Waals surface area contributed by atoms with Crippen molar-refractivity contribution in [1.29, 1.82) is 0 Å². The number of rotatable bonds is 5. The normalized spacial score (nSPS) is 12.3. The van der Waals surface area contributed by atoms with E-state index in [-0.39, 0.29) is 5.96 Å². The number of nitrogens with one attached hydrogen (secondary N) is 2. The lowest BCUT2D eigenvalue weighted by atomic mass is 10.3. The molecule has 0 saturated heterocycles. The van der Waals surface area contributed by atoms with Crippen molar-refractivity contribution < 1.29 is 17.9 Å². The summed E-state index contributed by atoms with van der Waals surface area (Å²) in [6.45, 7) is 1.03. The number of nitrogens with two attached hydrogens (primary N) is 1. The number of hydrogen-bond acceptors (Lipinski definition) is 4. The van der Waals surface area contributed by atoms with Gasteiger partial charge >= 0.3 is 6.18 Å². The lowest BCUT2D eigenvalue weighted by Gasteiger charge is -2.10. The van der Waals surface area contributed by atoms with Gasteiger partial charge in [-0.2, -0.15) is 13.2 Å². The third kappa shape index (κ3) is 5.41. The first kappa shape index (κ1) is 16.2. The summed E-state index contributed by atoms with van der Waals surface area (Å²) in [7, 11) is 1.58. The first-order valence-corrected chi connectivity index (χ1v) is 5.77. The molecule has 0 aliphatic carbocycles. The second-order valence-electron chi connectivity index (χ2n) is 3.78. The van der Waals surface area contributed by atoms with E-state index in [1.54, 1.807) is 7.11 Å². The number of guanidine groups is 1. The van der Waals surface area contributed by atoms with E-state index in [0.717, 1.165) is 12.3 Å². The summed E-state index contributed by atoms with van der Waals surface area (Å²) in [6, 6.07) is 2.12. The summed E-state index contributed by atoms with van der Waals surface area (Å²) in [5.41, 5.74) is 1.71. The third-order valence-corrected chi connectivity index (χ3v) is 2.23. The third-order valence-electron chi connectivity index (χ3n) is 2.23. The largest absolute Gasteiger partial charge is 0.433 e. The van der Waals surface area contributed by atoms with Gasteiger partial charge in [0.25, 0.3) is 0 Å². The van der Waals surface area contributed by atoms with Gasteiger partial charge in [0.2, 0.25) is 5.96 Å². The standard InChI is InChI=1S/C11H16F3N5O/c1-20-6-2-5-16-10(19-15)18-8-3-4-9(17-7-8)11(12,13)14/h3-4,7H,2,5-6,15H2,1H3,(H2,16,18,19). The van der Waals surface area contributed by atoms with Crippen LogP contribution < -0.4 is 16.6 Å². The monoisotopic (exact) mass is 291 g/mol. The highest BCUT2D eigenvalue weighted by molar-refractivity contribution is 5.92. The molecule has 0 bridgehead atoms. The van der Waals surface area contributed by atoms with Crippen LogP contribution in [0.25, 0.3) is 0 Å². The second-order valence-corrected chi connectivity index (χ2v) is 3.78. The SMILES string of the molecule is COCCCN=C(NN)Nc1ccc(C(F)(F)F)nc1. The molecule has 0 saturated carbocycles. The molecule has 0 spiro atoms. The molecule has 4 N–H and O–H groups in total. The fraction of sp³-hybridized carbons (Fsp3) is 0.455. The number of anilines is 1. The maximum atomic E-state index is 12.3. The van der Waals surface area contributed by atoms with Gasteiger partial charge in [-0.05, 0) is 18.6 Å². The topological polar surface area (TPSA) is 84.6 Å². The Morgan fingerprint density at radius 3 is 2.70 bits per heavy atom. The average molecular weight is 291 g/mol. The Kier molecular flexibility index (Phi) is 6.19. The van der Waals surface area contributed by atoms with Crippen LogP contribution >= 0.6 is 0 Å². The van der Waals surface area contributed by atoms with Crippen LogP contribution in [0.1, 0.15) is 12.1 Å². The minimum atomic E-state index is -4.46. The lowest BCUT2D eigenvalue weighted by molar-refractivity contribution is -0.141. The molecular weight excluding hydrogens is 275 g/mol. The quantitative estimate of drug-likeness (QED) is 0.251. The van der Waals surface area contributed by atoms with Gasteiger partial charge in [0.1, 0.15) is 5.69 Å². The Balaban J connectivity index is 2.61. The van der Waals surface area contributed by atoms with E-state index in [1.165, 1.54) is 6.07 Å². The van der Waals surface area contributed by atoms with Gasteiger partial charge in [0, 0.05) is 20.3 Å². The summed E-state index contributed by atoms with van der Waals surface area (Å²) in [5, 5.41) is 2.73. The molecule has 1 aromatic rings. The molecule has 0 atom stereocenters. The predicted octanol–water partition coefficient (Wildman–Crippen LogP) is 1.37. The van der Waals surface area contributed by atoms with E-state index in [9.17, 15) is 13.2 Å². The molecule has 0 unspecified atom stereocenters. The highest BCUT2D eigenvalue weighted by atomic mass is 19.4. The molecule has 0 fully saturated rings. The van der Waals surface area contributed by atoms with Crippen LogP contribution in [-0.4, -0.2) is 31.2 Å². The zero-order valence-electron chi connectivity index (χ0n) is 10.9. The number of nitrogens with zero attached hydrogens (tertiary/aromatic N) is 2. The van der Waals surface area contributed by atoms with Gasteiger partial charge in [-0.15, -0.1) is 0 Å². The Bertz CT molecular complexity index is 433. The van der Waals surface area contributed by atoms with E-state index in [1.807, 2.05) is 0 Å². The van der Waals surface area contributed by atoms with Crippen LogP contribution in [0, 0.1) is 0 Å². The molecule has 9 heteroatoms. The summed E-state index contributed by atoms with van der Waals surface area (Å²) in [5.74, 6) is 5.50. The molecule has 1 heterocycles. The predicted molar refractivity (Wildman–Crippen MR) is 69.0 cm³/mol. The first-order valence-electron chi connectivity index (χ1n) is 5.77. The summed E-state index contributed by atoms with van der Waals surface area (Å²) < 4.78 is 41.9. The summed E-state index contributed by atoms with van der Waals surface area (Å²) in [4.78, 5) is 7.40. The van der Waals surface area contributed by atoms with Crippen molar-refractivity contribution in [2.75, 3.05) is 25.6 Å². The van der Waals surface area contributed by atoms with Gasteiger partial charge < -0.3 is 10.1 Å². The molecule has 6 nitrogen and oxygen atoms in total. The molecule has 1 aromatic heterocycles. The van der Waals surface area contributed by atoms with Gasteiger partial charge in [-0.1, -0.05) is 0 Å². The van der Waals surface area contributed by atoms with Gasteiger partial charge in [0.15, 0.2) is 0 Å². The summed E-state index contributed by atoms with van der Waals surface area (Å²) >= 11 is 0. The van der Waals surface area contributed by atoms with Crippen LogP contribution in [0.15, 0.2) is 23.3 Å². The lowest BCUT2D eigenvalue weighted by Crippen LogP contribution is -2.36. The Morgan fingerprint density at radius 2 is 2.20 bits per heavy atom. The Morgan fingerprint density at radius 1 is 1.45 bits per heavy atom. The number of methoxy groups -OCH3 is 1. The zero-order chi connectivity index (χ0) is 15.0. The Labute approximate surface area is 114 Å². The van der Waals surface area contributed by atoms with Crippen LogP contribution in [0.5, 0.6) is 0 Å². The van der Waals surface area contributed by atoms with Crippen molar-refractivity contribution in [1.82, 2.24) is 10.4 Å². The van der Waals surface area contributed by atoms with E-state index in [4.69, 9.17) is 10.6 Å². The Hall–Kier alpha value is -1.87. The summed E-state index contributed by atoms with van der Waals surface area (Å²) in [6.07, 6.45) is -2.69. The molecule has 0 radical (unpaired) electrons. The van der Waals surface area contributed by atoms with Crippen molar-refractivity contribution in [3.63, 3.8) is 0 Å². The maximum absolute atomic E-state index is 12.3. The highest BCUT2D eigenvalue weighted by Gasteiger charge is 2.31. The number of ether oxygens (including phenoxy) is 1. The van der Waals surface area contributed by atoms with Crippen molar-refractivity contribution in [2.24, 2.45) is 10.8 Å². The molecule has 0 amide bonds. The van der Waals surface area contributed by atoms with Gasteiger partial charge in [-0.25, -0.2) is 10.8 Å². The molecule has 0 aromatic carbocycles. The zero-order valence-corrected chi connectivity index (χ0v) is 10.9. The van der Waals surface area contributed by atoms with E-state index >= 15 is 0 Å². The van der Waals surface area contributed by atoms with Crippen LogP contribution in [0.3, 0.4) is 0 Å². The molecule has 1 rings (SSSR count). The number of pyridine rings is 1. The number of aromatic nitrogens is 1. The van der Waals surface area contributed by atoms with Crippen LogP contribution in [0.4, 0.5) is 18.9 Å². The molecule has 0 aliphatic rings. The molecule has 20 heavy (non-hydrogen) atoms. The molecule has 0 aliphatic heterocycles. The van der Waals surface area contributed by atoms with Crippen LogP contribution in [-0.2, 0) is 10.9 Å². The van der Waals surface area contributed by atoms with E-state index < -0.39 is 11.9 Å². The average Bonchev–Trinajstić information content (AvgIpc) is 2.42. The smallest absolute Gasteiger partial charge is 0.385 e. The number of aliphatic imine (C=N–C) groups is 1. The number of hydrazine groups is 1. The van der Waals surface area contributed by atoms with Crippen molar-refractivity contribution >= 4 is 11.6 Å². The van der Waals surface area contributed by atoms with Crippen molar-refractivity contribution in [2.45, 2.75) is 12.6 Å². The van der Waals surface area contributed by atoms with Crippen molar-refractivity contribution in [3.8, 4) is 0 Å². The molecular formula is C11H16F3N5O. The second kappa shape index (κ2) is 7.65. The van der Waals surface area contributed by atoms with Crippen LogP contribution in [0.2, 0.25) is 0 Å². The number of hydrogen-bond donors (Lipinski definition) is 3. The fourth-order valence-electron chi connectivity index (χ4n) is 1.29. The van der Waals surface area contributed by atoms with E-state index in [0.29, 0.717) is 25.3 Å². The minimum Gasteiger partial charge on any atom is -0.385 e. The molecule has 112 valence electrons. The number of alkyl halides is 3. The van der Waals surface area contributed by atoms with Crippen molar-refractivity contribution in [3.05, 3.63) is 24.0 Å². The number of halogens is 3. The highest BCUT2D eigenvalue weighted by Crippen LogP contribution is 2.27. The minimum absolute atomic E-state index is 0.239. The van der Waals surface area contributed by atoms with Gasteiger partial charge in [0.05, 0.1) is 11.9 Å². The maximum Gasteiger partial charge on any atom is 0.433 e. The van der Waals surface area contributed by atoms with Gasteiger partial charge in [-0.3, -0.25) is 10.4 Å². The fourth-order valence-corrected chi connectivity index (χ4v) is 1.29. The van der Waals surface area contributed by atoms with E-state index in [2.05, 4.69) is 20.7 Å². The first-order chi connectivity index (χ1) is 9.47.